The minimum Gasteiger partial charge on any atom is -0.492 e. The quantitative estimate of drug-likeness (QED) is 0.494. The zero-order valence-corrected chi connectivity index (χ0v) is 20.3. The molecular weight excluding hydrogens is 438 g/mol. The highest BCUT2D eigenvalue weighted by molar-refractivity contribution is 5.90. The fourth-order valence-corrected chi connectivity index (χ4v) is 4.79. The number of hydrogen-bond acceptors (Lipinski definition) is 6. The van der Waals surface area contributed by atoms with Crippen molar-refractivity contribution in [2.75, 3.05) is 36.9 Å². The molecule has 1 fully saturated rings. The Kier molecular flexibility index (Phi) is 7.23. The van der Waals surface area contributed by atoms with Gasteiger partial charge in [0.05, 0.1) is 6.61 Å². The number of anilines is 2. The average molecular weight is 472 g/mol. The summed E-state index contributed by atoms with van der Waals surface area (Å²) in [7, 11) is 0. The molecule has 35 heavy (non-hydrogen) atoms. The van der Waals surface area contributed by atoms with Crippen molar-refractivity contribution in [2.24, 2.45) is 5.92 Å². The summed E-state index contributed by atoms with van der Waals surface area (Å²) in [6.07, 6.45) is 9.24. The smallest absolute Gasteiger partial charge is 0.225 e. The third kappa shape index (κ3) is 5.80. The fraction of sp³-hybridized carbons (Fsp3) is 0.393. The second kappa shape index (κ2) is 10.9. The van der Waals surface area contributed by atoms with Crippen LogP contribution in [0.5, 0.6) is 5.75 Å². The van der Waals surface area contributed by atoms with Crippen LogP contribution in [0.3, 0.4) is 0 Å². The Labute approximate surface area is 206 Å². The second-order valence-electron chi connectivity index (χ2n) is 9.54. The number of aromatic nitrogens is 2. The lowest BCUT2D eigenvalue weighted by molar-refractivity contribution is -0.116. The molecule has 7 nitrogen and oxygen atoms in total. The Hall–Kier alpha value is -3.45. The monoisotopic (exact) mass is 471 g/mol. The van der Waals surface area contributed by atoms with E-state index in [9.17, 15) is 4.79 Å². The van der Waals surface area contributed by atoms with E-state index in [-0.39, 0.29) is 5.91 Å². The van der Waals surface area contributed by atoms with E-state index < -0.39 is 0 Å². The zero-order valence-electron chi connectivity index (χ0n) is 20.3. The highest BCUT2D eigenvalue weighted by Gasteiger charge is 2.22. The molecule has 5 rings (SSSR count). The van der Waals surface area contributed by atoms with Crippen molar-refractivity contribution in [3.63, 3.8) is 0 Å². The molecule has 7 heteroatoms. The van der Waals surface area contributed by atoms with E-state index in [2.05, 4.69) is 33.5 Å². The van der Waals surface area contributed by atoms with Crippen LogP contribution in [0.15, 0.2) is 55.0 Å². The molecule has 1 saturated heterocycles. The van der Waals surface area contributed by atoms with Crippen molar-refractivity contribution >= 4 is 17.4 Å². The standard InChI is InChI=1S/C28H33N5O2/c1-20-7-13-33(14-8-20)15-9-26(34)32-23-4-2-3-21(17-23)18-30-28-24-10-16-35-27(24)25(19-31-28)22-5-11-29-12-6-22/h2-6,11-12,17,19-20H,7-10,13-16,18H2,1H3,(H,30,31)(H,32,34). The van der Waals surface area contributed by atoms with Crippen molar-refractivity contribution in [3.05, 3.63) is 66.1 Å². The van der Waals surface area contributed by atoms with E-state index in [1.165, 1.54) is 12.8 Å². The van der Waals surface area contributed by atoms with E-state index in [1.807, 2.05) is 36.5 Å². The van der Waals surface area contributed by atoms with Crippen molar-refractivity contribution in [1.82, 2.24) is 14.9 Å². The molecule has 0 radical (unpaired) electrons. The summed E-state index contributed by atoms with van der Waals surface area (Å²) in [6.45, 7) is 6.61. The number of nitrogens with one attached hydrogen (secondary N) is 2. The third-order valence-electron chi connectivity index (χ3n) is 6.92. The highest BCUT2D eigenvalue weighted by Crippen LogP contribution is 2.39. The molecule has 1 aromatic carbocycles. The Morgan fingerprint density at radius 3 is 2.83 bits per heavy atom. The molecule has 4 heterocycles. The lowest BCUT2D eigenvalue weighted by atomic mass is 9.99. The SMILES string of the molecule is CC1CCN(CCC(=O)Nc2cccc(CNc3ncc(-c4ccncc4)c4c3CCO4)c2)CC1. The van der Waals surface area contributed by atoms with E-state index in [0.717, 1.165) is 71.5 Å². The lowest BCUT2D eigenvalue weighted by Crippen LogP contribution is -2.35. The molecule has 3 aromatic rings. The summed E-state index contributed by atoms with van der Waals surface area (Å²) in [5, 5.41) is 6.53. The van der Waals surface area contributed by atoms with Crippen LogP contribution in [0.4, 0.5) is 11.5 Å². The van der Waals surface area contributed by atoms with Gasteiger partial charge in [-0.15, -0.1) is 0 Å². The summed E-state index contributed by atoms with van der Waals surface area (Å²) in [5.74, 6) is 2.62. The van der Waals surface area contributed by atoms with Gasteiger partial charge in [0.1, 0.15) is 11.6 Å². The Bertz CT molecular complexity index is 1160. The largest absolute Gasteiger partial charge is 0.492 e. The van der Waals surface area contributed by atoms with Gasteiger partial charge in [0, 0.05) is 61.3 Å². The van der Waals surface area contributed by atoms with Crippen LogP contribution in [-0.2, 0) is 17.8 Å². The van der Waals surface area contributed by atoms with Crippen LogP contribution in [0.1, 0.15) is 37.3 Å². The van der Waals surface area contributed by atoms with Gasteiger partial charge < -0.3 is 20.3 Å². The van der Waals surface area contributed by atoms with E-state index in [1.54, 1.807) is 12.4 Å². The van der Waals surface area contributed by atoms with Crippen molar-refractivity contribution < 1.29 is 9.53 Å². The number of fused-ring (bicyclic) bond motifs is 1. The number of amides is 1. The second-order valence-corrected chi connectivity index (χ2v) is 9.54. The van der Waals surface area contributed by atoms with Gasteiger partial charge in [0.25, 0.3) is 0 Å². The number of nitrogens with zero attached hydrogens (tertiary/aromatic N) is 3. The first-order valence-electron chi connectivity index (χ1n) is 12.6. The minimum absolute atomic E-state index is 0.0667. The summed E-state index contributed by atoms with van der Waals surface area (Å²) in [5.41, 5.74) is 5.07. The fourth-order valence-electron chi connectivity index (χ4n) is 4.79. The molecule has 0 saturated carbocycles. The van der Waals surface area contributed by atoms with E-state index >= 15 is 0 Å². The molecule has 2 aromatic heterocycles. The number of carbonyl (C=O) groups is 1. The topological polar surface area (TPSA) is 79.4 Å². The van der Waals surface area contributed by atoms with Gasteiger partial charge in [0.15, 0.2) is 0 Å². The summed E-state index contributed by atoms with van der Waals surface area (Å²) in [6, 6.07) is 11.9. The maximum absolute atomic E-state index is 12.5. The number of ether oxygens (including phenoxy) is 1. The first-order chi connectivity index (χ1) is 17.2. The predicted molar refractivity (Wildman–Crippen MR) is 139 cm³/mol. The normalized spacial score (nSPS) is 15.9. The Morgan fingerprint density at radius 2 is 2.00 bits per heavy atom. The molecule has 0 aliphatic carbocycles. The van der Waals surface area contributed by atoms with Gasteiger partial charge in [-0.3, -0.25) is 9.78 Å². The summed E-state index contributed by atoms with van der Waals surface area (Å²) in [4.78, 5) is 23.7. The van der Waals surface area contributed by atoms with Crippen LogP contribution in [-0.4, -0.2) is 47.0 Å². The van der Waals surface area contributed by atoms with Gasteiger partial charge in [-0.25, -0.2) is 4.98 Å². The zero-order chi connectivity index (χ0) is 24.0. The first kappa shape index (κ1) is 23.3. The lowest BCUT2D eigenvalue weighted by Gasteiger charge is -2.29. The van der Waals surface area contributed by atoms with Gasteiger partial charge in [-0.05, 0) is 67.2 Å². The highest BCUT2D eigenvalue weighted by atomic mass is 16.5. The molecule has 182 valence electrons. The van der Waals surface area contributed by atoms with Crippen molar-refractivity contribution in [3.8, 4) is 16.9 Å². The third-order valence-corrected chi connectivity index (χ3v) is 6.92. The number of rotatable bonds is 8. The first-order valence-corrected chi connectivity index (χ1v) is 12.6. The van der Waals surface area contributed by atoms with E-state index in [0.29, 0.717) is 19.6 Å². The van der Waals surface area contributed by atoms with Crippen LogP contribution < -0.4 is 15.4 Å². The van der Waals surface area contributed by atoms with Gasteiger partial charge in [-0.2, -0.15) is 0 Å². The number of hydrogen-bond donors (Lipinski definition) is 2. The molecule has 0 unspecified atom stereocenters. The van der Waals surface area contributed by atoms with E-state index in [4.69, 9.17) is 9.72 Å². The molecule has 0 bridgehead atoms. The van der Waals surface area contributed by atoms with Crippen LogP contribution in [0.2, 0.25) is 0 Å². The van der Waals surface area contributed by atoms with Crippen LogP contribution in [0, 0.1) is 5.92 Å². The summed E-state index contributed by atoms with van der Waals surface area (Å²) >= 11 is 0. The number of carbonyl (C=O) groups excluding carboxylic acids is 1. The Morgan fingerprint density at radius 1 is 1.17 bits per heavy atom. The molecule has 2 aliphatic rings. The number of benzene rings is 1. The van der Waals surface area contributed by atoms with Crippen molar-refractivity contribution in [1.29, 1.82) is 0 Å². The Balaban J connectivity index is 1.18. The van der Waals surface area contributed by atoms with Gasteiger partial charge >= 0.3 is 0 Å². The molecular formula is C28H33N5O2. The minimum atomic E-state index is 0.0667. The number of pyridine rings is 2. The summed E-state index contributed by atoms with van der Waals surface area (Å²) < 4.78 is 5.96. The van der Waals surface area contributed by atoms with Crippen molar-refractivity contribution in [2.45, 2.75) is 39.2 Å². The maximum atomic E-state index is 12.5. The molecule has 0 atom stereocenters. The maximum Gasteiger partial charge on any atom is 0.225 e. The predicted octanol–water partition coefficient (Wildman–Crippen LogP) is 4.75. The number of piperidine rings is 1. The van der Waals surface area contributed by atoms with Crippen LogP contribution in [0.25, 0.3) is 11.1 Å². The molecule has 1 amide bonds. The molecule has 0 spiro atoms. The van der Waals surface area contributed by atoms with Crippen LogP contribution >= 0.6 is 0 Å². The van der Waals surface area contributed by atoms with Gasteiger partial charge in [-0.1, -0.05) is 19.1 Å². The average Bonchev–Trinajstić information content (AvgIpc) is 3.38. The van der Waals surface area contributed by atoms with Gasteiger partial charge in [0.2, 0.25) is 5.91 Å². The molecule has 2 N–H and O–H groups in total. The number of likely N-dealkylation sites (tertiary alicyclic amines) is 1. The molecule has 2 aliphatic heterocycles.